The first-order valence-electron chi connectivity index (χ1n) is 6.92. The van der Waals surface area contributed by atoms with Gasteiger partial charge in [0.1, 0.15) is 0 Å². The van der Waals surface area contributed by atoms with Crippen LogP contribution in [0.15, 0.2) is 0 Å². The number of aliphatic carboxylic acids is 1. The first-order chi connectivity index (χ1) is 8.38. The van der Waals surface area contributed by atoms with Gasteiger partial charge in [0, 0.05) is 12.6 Å². The molecule has 4 heteroatoms. The van der Waals surface area contributed by atoms with Crippen molar-refractivity contribution in [1.29, 1.82) is 0 Å². The molecule has 0 aromatic rings. The van der Waals surface area contributed by atoms with Crippen molar-refractivity contribution in [3.63, 3.8) is 0 Å². The van der Waals surface area contributed by atoms with Crippen molar-refractivity contribution in [2.24, 2.45) is 17.8 Å². The fourth-order valence-corrected chi connectivity index (χ4v) is 3.16. The molecule has 0 aromatic heterocycles. The lowest BCUT2D eigenvalue weighted by Gasteiger charge is -2.43. The Morgan fingerprint density at radius 1 is 1.33 bits per heavy atom. The second-order valence-corrected chi connectivity index (χ2v) is 5.79. The normalized spacial score (nSPS) is 28.2. The van der Waals surface area contributed by atoms with Crippen molar-refractivity contribution in [2.75, 3.05) is 6.54 Å². The molecule has 18 heavy (non-hydrogen) atoms. The Labute approximate surface area is 109 Å². The van der Waals surface area contributed by atoms with Crippen molar-refractivity contribution in [3.8, 4) is 0 Å². The molecule has 1 fully saturated rings. The zero-order valence-corrected chi connectivity index (χ0v) is 11.8. The van der Waals surface area contributed by atoms with E-state index < -0.39 is 11.9 Å². The summed E-state index contributed by atoms with van der Waals surface area (Å²) >= 11 is 0. The summed E-state index contributed by atoms with van der Waals surface area (Å²) in [6, 6.07) is 0.0855. The van der Waals surface area contributed by atoms with Crippen LogP contribution in [0.5, 0.6) is 0 Å². The minimum Gasteiger partial charge on any atom is -0.474 e. The molecule has 0 spiro atoms. The molecule has 1 aliphatic carbocycles. The summed E-state index contributed by atoms with van der Waals surface area (Å²) in [5.41, 5.74) is 0. The SMILES string of the molecule is CCN(C(=O)C(=O)O)C1C[C@H](C)CCC1C(C)C. The second kappa shape index (κ2) is 6.21. The third kappa shape index (κ3) is 3.24. The molecular formula is C14H25NO3. The van der Waals surface area contributed by atoms with E-state index in [1.807, 2.05) is 6.92 Å². The lowest BCUT2D eigenvalue weighted by molar-refractivity contribution is -0.158. The number of nitrogens with zero attached hydrogens (tertiary/aromatic N) is 1. The fraction of sp³-hybridized carbons (Fsp3) is 0.857. The highest BCUT2D eigenvalue weighted by Crippen LogP contribution is 2.36. The van der Waals surface area contributed by atoms with Crippen LogP contribution in [0.25, 0.3) is 0 Å². The van der Waals surface area contributed by atoms with Gasteiger partial charge >= 0.3 is 11.9 Å². The number of carbonyl (C=O) groups is 2. The maximum atomic E-state index is 11.8. The van der Waals surface area contributed by atoms with E-state index in [9.17, 15) is 9.59 Å². The summed E-state index contributed by atoms with van der Waals surface area (Å²) < 4.78 is 0. The number of rotatable bonds is 3. The molecule has 4 nitrogen and oxygen atoms in total. The van der Waals surface area contributed by atoms with Gasteiger partial charge in [0.25, 0.3) is 0 Å². The molecule has 1 amide bonds. The molecule has 1 aliphatic rings. The van der Waals surface area contributed by atoms with Crippen LogP contribution in [-0.4, -0.2) is 34.5 Å². The smallest absolute Gasteiger partial charge is 0.394 e. The molecule has 1 saturated carbocycles. The van der Waals surface area contributed by atoms with Crippen molar-refractivity contribution < 1.29 is 14.7 Å². The van der Waals surface area contributed by atoms with Gasteiger partial charge in [-0.05, 0) is 37.5 Å². The molecular weight excluding hydrogens is 230 g/mol. The Morgan fingerprint density at radius 2 is 1.94 bits per heavy atom. The van der Waals surface area contributed by atoms with Gasteiger partial charge in [-0.25, -0.2) is 4.79 Å². The first kappa shape index (κ1) is 15.0. The molecule has 0 radical (unpaired) electrons. The average molecular weight is 255 g/mol. The van der Waals surface area contributed by atoms with Crippen molar-refractivity contribution in [1.82, 2.24) is 4.90 Å². The number of hydrogen-bond donors (Lipinski definition) is 1. The Hall–Kier alpha value is -1.06. The molecule has 0 bridgehead atoms. The Bertz CT molecular complexity index is 314. The van der Waals surface area contributed by atoms with Crippen molar-refractivity contribution in [2.45, 2.75) is 53.0 Å². The second-order valence-electron chi connectivity index (χ2n) is 5.79. The summed E-state index contributed by atoms with van der Waals surface area (Å²) in [5.74, 6) is -0.608. The van der Waals surface area contributed by atoms with Gasteiger partial charge in [-0.15, -0.1) is 0 Å². The highest BCUT2D eigenvalue weighted by molar-refractivity contribution is 6.31. The number of likely N-dealkylation sites (N-methyl/N-ethyl adjacent to an activating group) is 1. The number of amides is 1. The Balaban J connectivity index is 2.91. The van der Waals surface area contributed by atoms with E-state index in [1.54, 1.807) is 4.90 Å². The van der Waals surface area contributed by atoms with E-state index in [2.05, 4.69) is 20.8 Å². The van der Waals surface area contributed by atoms with E-state index >= 15 is 0 Å². The summed E-state index contributed by atoms with van der Waals surface area (Å²) in [5, 5.41) is 8.91. The molecule has 0 aromatic carbocycles. The Morgan fingerprint density at radius 3 is 2.39 bits per heavy atom. The number of carbonyl (C=O) groups excluding carboxylic acids is 1. The third-order valence-electron chi connectivity index (χ3n) is 4.17. The van der Waals surface area contributed by atoms with Crippen LogP contribution in [0.3, 0.4) is 0 Å². The summed E-state index contributed by atoms with van der Waals surface area (Å²) in [7, 11) is 0. The summed E-state index contributed by atoms with van der Waals surface area (Å²) in [6.45, 7) is 8.84. The highest BCUT2D eigenvalue weighted by Gasteiger charge is 2.37. The van der Waals surface area contributed by atoms with Gasteiger partial charge in [-0.3, -0.25) is 4.79 Å². The van der Waals surface area contributed by atoms with Crippen LogP contribution in [0.1, 0.15) is 47.0 Å². The van der Waals surface area contributed by atoms with Gasteiger partial charge in [0.2, 0.25) is 0 Å². The molecule has 0 saturated heterocycles. The van der Waals surface area contributed by atoms with Crippen LogP contribution < -0.4 is 0 Å². The standard InChI is InChI=1S/C14H25NO3/c1-5-15(13(16)14(17)18)12-8-10(4)6-7-11(12)9(2)3/h9-12H,5-8H2,1-4H3,(H,17,18)/t10-,11?,12?/m1/s1. The third-order valence-corrected chi connectivity index (χ3v) is 4.17. The fourth-order valence-electron chi connectivity index (χ4n) is 3.16. The van der Waals surface area contributed by atoms with Gasteiger partial charge < -0.3 is 10.0 Å². The largest absolute Gasteiger partial charge is 0.474 e. The van der Waals surface area contributed by atoms with E-state index in [0.29, 0.717) is 24.3 Å². The predicted octanol–water partition coefficient (Wildman–Crippen LogP) is 2.38. The lowest BCUT2D eigenvalue weighted by atomic mass is 9.73. The minimum absolute atomic E-state index is 0.0855. The van der Waals surface area contributed by atoms with Crippen LogP contribution in [0.4, 0.5) is 0 Å². The topological polar surface area (TPSA) is 57.6 Å². The van der Waals surface area contributed by atoms with E-state index in [-0.39, 0.29) is 6.04 Å². The molecule has 1 N–H and O–H groups in total. The lowest BCUT2D eigenvalue weighted by Crippen LogP contribution is -2.50. The van der Waals surface area contributed by atoms with E-state index in [1.165, 1.54) is 6.42 Å². The van der Waals surface area contributed by atoms with E-state index in [0.717, 1.165) is 12.8 Å². The van der Waals surface area contributed by atoms with Crippen LogP contribution in [0.2, 0.25) is 0 Å². The molecule has 104 valence electrons. The molecule has 3 atom stereocenters. The average Bonchev–Trinajstić information content (AvgIpc) is 2.29. The number of carboxylic acid groups (broad SMARTS) is 1. The van der Waals surface area contributed by atoms with Gasteiger partial charge in [0.15, 0.2) is 0 Å². The monoisotopic (exact) mass is 255 g/mol. The molecule has 2 unspecified atom stereocenters. The minimum atomic E-state index is -1.34. The van der Waals surface area contributed by atoms with Gasteiger partial charge in [-0.2, -0.15) is 0 Å². The maximum Gasteiger partial charge on any atom is 0.394 e. The summed E-state index contributed by atoms with van der Waals surface area (Å²) in [6.07, 6.45) is 3.20. The maximum absolute atomic E-state index is 11.8. The highest BCUT2D eigenvalue weighted by atomic mass is 16.4. The molecule has 0 aliphatic heterocycles. The molecule has 0 heterocycles. The zero-order chi connectivity index (χ0) is 13.9. The summed E-state index contributed by atoms with van der Waals surface area (Å²) in [4.78, 5) is 24.2. The van der Waals surface area contributed by atoms with Crippen LogP contribution in [-0.2, 0) is 9.59 Å². The van der Waals surface area contributed by atoms with Crippen molar-refractivity contribution >= 4 is 11.9 Å². The zero-order valence-electron chi connectivity index (χ0n) is 11.8. The predicted molar refractivity (Wildman–Crippen MR) is 70.2 cm³/mol. The van der Waals surface area contributed by atoms with E-state index in [4.69, 9.17) is 5.11 Å². The number of hydrogen-bond acceptors (Lipinski definition) is 2. The molecule has 1 rings (SSSR count). The number of carboxylic acids is 1. The van der Waals surface area contributed by atoms with Crippen LogP contribution >= 0.6 is 0 Å². The van der Waals surface area contributed by atoms with Crippen molar-refractivity contribution in [3.05, 3.63) is 0 Å². The first-order valence-corrected chi connectivity index (χ1v) is 6.92. The van der Waals surface area contributed by atoms with Crippen LogP contribution in [0, 0.1) is 17.8 Å². The van der Waals surface area contributed by atoms with Gasteiger partial charge in [0.05, 0.1) is 0 Å². The Kier molecular flexibility index (Phi) is 5.17. The quantitative estimate of drug-likeness (QED) is 0.788. The van der Waals surface area contributed by atoms with Gasteiger partial charge in [-0.1, -0.05) is 27.2 Å².